The van der Waals surface area contributed by atoms with Crippen LogP contribution in [0.5, 0.6) is 0 Å². The molecule has 2 N–H and O–H groups in total. The van der Waals surface area contributed by atoms with Crippen molar-refractivity contribution in [3.63, 3.8) is 0 Å². The number of carbonyl (C=O) groups excluding carboxylic acids is 1. The third-order valence-electron chi connectivity index (χ3n) is 7.02. The van der Waals surface area contributed by atoms with E-state index in [-0.39, 0.29) is 27.9 Å². The van der Waals surface area contributed by atoms with Crippen LogP contribution in [0, 0.1) is 13.8 Å². The molecule has 5 rings (SSSR count). The van der Waals surface area contributed by atoms with Gasteiger partial charge in [0.2, 0.25) is 16.0 Å². The van der Waals surface area contributed by atoms with Crippen LogP contribution in [0.3, 0.4) is 0 Å². The number of benzene rings is 2. The van der Waals surface area contributed by atoms with Gasteiger partial charge in [0.15, 0.2) is 10.8 Å². The molecule has 0 aliphatic heterocycles. The first-order valence-electron chi connectivity index (χ1n) is 12.8. The van der Waals surface area contributed by atoms with E-state index in [1.807, 2.05) is 32.2 Å². The Morgan fingerprint density at radius 1 is 0.930 bits per heavy atom. The number of primary sulfonamides is 1. The minimum Gasteiger partial charge on any atom is -0.329 e. The molecular weight excluding hydrogens is 592 g/mol. The molecule has 0 unspecified atom stereocenters. The van der Waals surface area contributed by atoms with Gasteiger partial charge in [-0.15, -0.1) is 0 Å². The minimum absolute atomic E-state index is 0.0859. The SMILES string of the molecule is CC(=O)c1ccc(S(=O)(=O)N(c2ccc(C)c(S(N)(=O)=O)c2)c2nccc(N(C)c3ccc4c(C)n(C)nc4c3)n2)nc1. The van der Waals surface area contributed by atoms with Crippen LogP contribution in [0.4, 0.5) is 23.1 Å². The number of hydrogen-bond acceptors (Lipinski definition) is 10. The van der Waals surface area contributed by atoms with Gasteiger partial charge in [-0.25, -0.2) is 23.5 Å². The molecule has 0 saturated heterocycles. The van der Waals surface area contributed by atoms with Gasteiger partial charge in [-0.2, -0.15) is 22.8 Å². The monoisotopic (exact) mass is 620 g/mol. The van der Waals surface area contributed by atoms with Crippen LogP contribution in [0.2, 0.25) is 0 Å². The van der Waals surface area contributed by atoms with Crippen molar-refractivity contribution in [2.75, 3.05) is 16.3 Å². The highest BCUT2D eigenvalue weighted by Gasteiger charge is 2.32. The van der Waals surface area contributed by atoms with Crippen molar-refractivity contribution in [2.45, 2.75) is 30.7 Å². The topological polar surface area (TPSA) is 174 Å². The largest absolute Gasteiger partial charge is 0.329 e. The Hall–Kier alpha value is -4.73. The molecule has 5 aromatic rings. The van der Waals surface area contributed by atoms with Crippen molar-refractivity contribution >= 4 is 59.9 Å². The molecule has 222 valence electrons. The lowest BCUT2D eigenvalue weighted by atomic mass is 10.2. The lowest BCUT2D eigenvalue weighted by molar-refractivity contribution is 0.101. The van der Waals surface area contributed by atoms with Crippen molar-refractivity contribution in [1.29, 1.82) is 0 Å². The first-order valence-corrected chi connectivity index (χ1v) is 15.8. The van der Waals surface area contributed by atoms with E-state index >= 15 is 0 Å². The summed E-state index contributed by atoms with van der Waals surface area (Å²) in [6.45, 7) is 4.84. The Morgan fingerprint density at radius 2 is 1.65 bits per heavy atom. The maximum atomic E-state index is 14.1. The maximum Gasteiger partial charge on any atom is 0.288 e. The predicted octanol–water partition coefficient (Wildman–Crippen LogP) is 3.52. The molecule has 0 atom stereocenters. The summed E-state index contributed by atoms with van der Waals surface area (Å²) >= 11 is 0. The second-order valence-corrected chi connectivity index (χ2v) is 13.2. The standard InChI is InChI=1S/C28H28N8O5S2/c1-17-6-8-22(15-25(17)42(29,38)39)36(43(40,41)27-11-7-20(16-31-27)19(3)37)28-30-13-12-26(32-28)34(4)21-9-10-23-18(2)35(5)33-24(23)14-21/h6-16H,1-5H3,(H2,29,38,39). The molecule has 43 heavy (non-hydrogen) atoms. The van der Waals surface area contributed by atoms with Gasteiger partial charge in [0.05, 0.1) is 16.1 Å². The molecule has 0 amide bonds. The van der Waals surface area contributed by atoms with Gasteiger partial charge in [0.25, 0.3) is 10.0 Å². The number of aromatic nitrogens is 5. The number of sulfonamides is 2. The van der Waals surface area contributed by atoms with Gasteiger partial charge in [0.1, 0.15) is 5.82 Å². The van der Waals surface area contributed by atoms with E-state index in [9.17, 15) is 21.6 Å². The van der Waals surface area contributed by atoms with Crippen molar-refractivity contribution in [2.24, 2.45) is 12.2 Å². The molecular formula is C28H28N8O5S2. The maximum absolute atomic E-state index is 14.1. The summed E-state index contributed by atoms with van der Waals surface area (Å²) in [5.41, 5.74) is 2.98. The van der Waals surface area contributed by atoms with E-state index < -0.39 is 25.1 Å². The summed E-state index contributed by atoms with van der Waals surface area (Å²) in [5, 5.41) is 10.5. The van der Waals surface area contributed by atoms with E-state index in [4.69, 9.17) is 5.14 Å². The highest BCUT2D eigenvalue weighted by Crippen LogP contribution is 2.34. The third kappa shape index (κ3) is 5.57. The van der Waals surface area contributed by atoms with Crippen LogP contribution >= 0.6 is 0 Å². The van der Waals surface area contributed by atoms with E-state index in [0.717, 1.165) is 38.9 Å². The molecule has 3 aromatic heterocycles. The summed E-state index contributed by atoms with van der Waals surface area (Å²) in [6, 6.07) is 13.9. The number of pyridine rings is 1. The van der Waals surface area contributed by atoms with Crippen LogP contribution in [-0.2, 0) is 27.1 Å². The predicted molar refractivity (Wildman–Crippen MR) is 162 cm³/mol. The number of Topliss-reactive ketones (excluding diaryl/α,β-unsaturated/α-hetero) is 1. The van der Waals surface area contributed by atoms with Crippen molar-refractivity contribution in [3.05, 3.63) is 83.8 Å². The third-order valence-corrected chi connectivity index (χ3v) is 9.69. The summed E-state index contributed by atoms with van der Waals surface area (Å²) in [7, 11) is -5.13. The smallest absolute Gasteiger partial charge is 0.288 e. The van der Waals surface area contributed by atoms with Crippen molar-refractivity contribution in [3.8, 4) is 0 Å². The average Bonchev–Trinajstić information content (AvgIpc) is 3.25. The Bertz CT molecular complexity index is 2110. The number of nitrogens with zero attached hydrogens (tertiary/aromatic N) is 7. The zero-order chi connectivity index (χ0) is 31.3. The fourth-order valence-corrected chi connectivity index (χ4v) is 6.61. The summed E-state index contributed by atoms with van der Waals surface area (Å²) < 4.78 is 55.4. The normalized spacial score (nSPS) is 12.0. The van der Waals surface area contributed by atoms with Gasteiger partial charge in [-0.1, -0.05) is 6.07 Å². The Balaban J connectivity index is 1.66. The molecule has 2 aromatic carbocycles. The van der Waals surface area contributed by atoms with Gasteiger partial charge in [0, 0.05) is 48.8 Å². The zero-order valence-corrected chi connectivity index (χ0v) is 25.5. The van der Waals surface area contributed by atoms with Gasteiger partial charge in [-0.3, -0.25) is 9.48 Å². The van der Waals surface area contributed by atoms with Gasteiger partial charge in [-0.05, 0) is 74.9 Å². The molecule has 0 spiro atoms. The summed E-state index contributed by atoms with van der Waals surface area (Å²) in [4.78, 5) is 26.0. The molecule has 0 fully saturated rings. The molecule has 0 radical (unpaired) electrons. The Kier molecular flexibility index (Phi) is 7.50. The number of rotatable bonds is 8. The van der Waals surface area contributed by atoms with E-state index in [0.29, 0.717) is 11.4 Å². The molecule has 0 aliphatic rings. The molecule has 15 heteroatoms. The molecule has 0 aliphatic carbocycles. The number of aryl methyl sites for hydroxylation is 3. The molecule has 0 saturated carbocycles. The zero-order valence-electron chi connectivity index (χ0n) is 23.9. The number of anilines is 4. The van der Waals surface area contributed by atoms with Crippen LogP contribution in [0.15, 0.2) is 76.9 Å². The second-order valence-electron chi connectivity index (χ2n) is 9.89. The van der Waals surface area contributed by atoms with E-state index in [1.165, 1.54) is 44.3 Å². The van der Waals surface area contributed by atoms with Crippen LogP contribution in [0.25, 0.3) is 10.9 Å². The van der Waals surface area contributed by atoms with Crippen LogP contribution < -0.4 is 14.3 Å². The fraction of sp³-hybridized carbons (Fsp3) is 0.179. The summed E-state index contributed by atoms with van der Waals surface area (Å²) in [5.74, 6) is -0.223. The minimum atomic E-state index is -4.54. The number of fused-ring (bicyclic) bond motifs is 1. The molecule has 13 nitrogen and oxygen atoms in total. The number of carbonyl (C=O) groups is 1. The van der Waals surface area contributed by atoms with Crippen molar-refractivity contribution in [1.82, 2.24) is 24.7 Å². The van der Waals surface area contributed by atoms with E-state index in [2.05, 4.69) is 20.1 Å². The van der Waals surface area contributed by atoms with Crippen LogP contribution in [0.1, 0.15) is 28.5 Å². The number of nitrogens with two attached hydrogens (primary N) is 1. The Labute approximate surface area is 248 Å². The highest BCUT2D eigenvalue weighted by atomic mass is 32.2. The fourth-order valence-electron chi connectivity index (χ4n) is 4.50. The second kappa shape index (κ2) is 10.8. The quantitative estimate of drug-likeness (QED) is 0.253. The van der Waals surface area contributed by atoms with E-state index in [1.54, 1.807) is 22.7 Å². The van der Waals surface area contributed by atoms with Gasteiger partial charge >= 0.3 is 0 Å². The van der Waals surface area contributed by atoms with Crippen LogP contribution in [-0.4, -0.2) is 54.4 Å². The highest BCUT2D eigenvalue weighted by molar-refractivity contribution is 7.93. The molecule has 3 heterocycles. The Morgan fingerprint density at radius 3 is 2.30 bits per heavy atom. The molecule has 0 bridgehead atoms. The average molecular weight is 621 g/mol. The number of ketones is 1. The number of hydrogen-bond donors (Lipinski definition) is 1. The first-order chi connectivity index (χ1) is 20.2. The first kappa shape index (κ1) is 29.8. The van der Waals surface area contributed by atoms with Gasteiger partial charge < -0.3 is 4.90 Å². The summed E-state index contributed by atoms with van der Waals surface area (Å²) in [6.07, 6.45) is 2.54. The van der Waals surface area contributed by atoms with Crippen molar-refractivity contribution < 1.29 is 21.6 Å². The lowest BCUT2D eigenvalue weighted by Gasteiger charge is -2.25. The lowest BCUT2D eigenvalue weighted by Crippen LogP contribution is -2.29.